The first kappa shape index (κ1) is 13.8. The summed E-state index contributed by atoms with van der Waals surface area (Å²) in [4.78, 5) is 4.42. The molecule has 0 saturated heterocycles. The van der Waals surface area contributed by atoms with Gasteiger partial charge in [0.05, 0.1) is 30.0 Å². The summed E-state index contributed by atoms with van der Waals surface area (Å²) < 4.78 is 4.16. The molecule has 5 nitrogen and oxygen atoms in total. The van der Waals surface area contributed by atoms with Gasteiger partial charge >= 0.3 is 0 Å². The van der Waals surface area contributed by atoms with Crippen LogP contribution in [-0.4, -0.2) is 25.9 Å². The van der Waals surface area contributed by atoms with E-state index >= 15 is 0 Å². The van der Waals surface area contributed by atoms with E-state index in [0.29, 0.717) is 0 Å². The molecule has 0 amide bonds. The number of aryl methyl sites for hydroxylation is 2. The van der Waals surface area contributed by atoms with Crippen molar-refractivity contribution < 1.29 is 0 Å². The molecule has 0 saturated carbocycles. The summed E-state index contributed by atoms with van der Waals surface area (Å²) in [6, 6.07) is 2.14. The zero-order valence-corrected chi connectivity index (χ0v) is 12.1. The van der Waals surface area contributed by atoms with Gasteiger partial charge in [-0.05, 0) is 32.9 Å². The van der Waals surface area contributed by atoms with Crippen molar-refractivity contribution in [1.29, 1.82) is 0 Å². The molecule has 104 valence electrons. The van der Waals surface area contributed by atoms with Crippen molar-refractivity contribution in [2.24, 2.45) is 0 Å². The van der Waals surface area contributed by atoms with Crippen LogP contribution in [0, 0.1) is 6.92 Å². The third-order valence-electron chi connectivity index (χ3n) is 3.05. The number of hydrogen-bond donors (Lipinski definition) is 1. The van der Waals surface area contributed by atoms with Crippen LogP contribution in [0.5, 0.6) is 0 Å². The predicted octanol–water partition coefficient (Wildman–Crippen LogP) is 1.96. The molecule has 1 N–H and O–H groups in total. The normalized spacial score (nSPS) is 11.1. The molecular formula is C14H23N5. The van der Waals surface area contributed by atoms with Crippen LogP contribution >= 0.6 is 0 Å². The van der Waals surface area contributed by atoms with Gasteiger partial charge in [-0.3, -0.25) is 4.68 Å². The summed E-state index contributed by atoms with van der Waals surface area (Å²) >= 11 is 0. The zero-order chi connectivity index (χ0) is 13.7. The topological polar surface area (TPSA) is 47.7 Å². The molecule has 2 aromatic rings. The van der Waals surface area contributed by atoms with Gasteiger partial charge in [0, 0.05) is 19.3 Å². The Morgan fingerprint density at radius 1 is 1.32 bits per heavy atom. The molecule has 0 spiro atoms. The first-order valence-electron chi connectivity index (χ1n) is 6.97. The zero-order valence-electron chi connectivity index (χ0n) is 12.1. The summed E-state index contributed by atoms with van der Waals surface area (Å²) in [6.07, 6.45) is 5.14. The molecule has 0 bridgehead atoms. The third kappa shape index (κ3) is 3.67. The smallest absolute Gasteiger partial charge is 0.0953 e. The van der Waals surface area contributed by atoms with Crippen molar-refractivity contribution >= 4 is 0 Å². The molecule has 0 atom stereocenters. The van der Waals surface area contributed by atoms with E-state index in [2.05, 4.69) is 46.1 Å². The van der Waals surface area contributed by atoms with Crippen LogP contribution in [0.4, 0.5) is 0 Å². The Kier molecular flexibility index (Phi) is 4.74. The van der Waals surface area contributed by atoms with Gasteiger partial charge in [0.25, 0.3) is 0 Å². The second-order valence-corrected chi connectivity index (χ2v) is 4.81. The van der Waals surface area contributed by atoms with Gasteiger partial charge in [-0.15, -0.1) is 0 Å². The Bertz CT molecular complexity index is 512. The van der Waals surface area contributed by atoms with Crippen LogP contribution in [0.15, 0.2) is 18.6 Å². The predicted molar refractivity (Wildman–Crippen MR) is 76.0 cm³/mol. The first-order chi connectivity index (χ1) is 9.22. The minimum Gasteiger partial charge on any atom is -0.331 e. The molecule has 0 aromatic carbocycles. The minimum atomic E-state index is 0.829. The molecule has 2 aromatic heterocycles. The van der Waals surface area contributed by atoms with Gasteiger partial charge in [-0.25, -0.2) is 4.98 Å². The Morgan fingerprint density at radius 3 is 2.89 bits per heavy atom. The summed E-state index contributed by atoms with van der Waals surface area (Å²) in [6.45, 7) is 9.92. The lowest BCUT2D eigenvalue weighted by Gasteiger charge is -2.04. The SMILES string of the molecule is CCCNCc1cn(Cc2cc(C)nn2CC)cn1. The van der Waals surface area contributed by atoms with E-state index in [9.17, 15) is 0 Å². The van der Waals surface area contributed by atoms with Crippen molar-refractivity contribution in [2.45, 2.75) is 46.8 Å². The molecule has 0 fully saturated rings. The second-order valence-electron chi connectivity index (χ2n) is 4.81. The van der Waals surface area contributed by atoms with Gasteiger partial charge < -0.3 is 9.88 Å². The number of nitrogens with zero attached hydrogens (tertiary/aromatic N) is 4. The Balaban J connectivity index is 1.99. The molecule has 0 unspecified atom stereocenters. The van der Waals surface area contributed by atoms with Crippen LogP contribution < -0.4 is 5.32 Å². The standard InChI is InChI=1S/C14H23N5/c1-4-6-15-8-13-9-18(11-16-13)10-14-7-12(3)17-19(14)5-2/h7,9,11,15H,4-6,8,10H2,1-3H3. The van der Waals surface area contributed by atoms with Crippen molar-refractivity contribution in [2.75, 3.05) is 6.54 Å². The van der Waals surface area contributed by atoms with E-state index in [1.807, 2.05) is 17.9 Å². The van der Waals surface area contributed by atoms with Crippen LogP contribution in [0.25, 0.3) is 0 Å². The highest BCUT2D eigenvalue weighted by molar-refractivity contribution is 5.10. The number of aromatic nitrogens is 4. The summed E-state index contributed by atoms with van der Waals surface area (Å²) in [7, 11) is 0. The lowest BCUT2D eigenvalue weighted by atomic mass is 10.3. The van der Waals surface area contributed by atoms with Gasteiger partial charge in [-0.1, -0.05) is 6.92 Å². The van der Waals surface area contributed by atoms with Crippen LogP contribution in [0.2, 0.25) is 0 Å². The number of imidazole rings is 1. The fourth-order valence-corrected chi connectivity index (χ4v) is 2.16. The maximum absolute atomic E-state index is 4.46. The highest BCUT2D eigenvalue weighted by Crippen LogP contribution is 2.07. The van der Waals surface area contributed by atoms with Crippen LogP contribution in [0.3, 0.4) is 0 Å². The molecular weight excluding hydrogens is 238 g/mol. The molecule has 0 aliphatic rings. The molecule has 0 aliphatic carbocycles. The number of rotatable bonds is 7. The van der Waals surface area contributed by atoms with Crippen LogP contribution in [-0.2, 0) is 19.6 Å². The summed E-state index contributed by atoms with van der Waals surface area (Å²) in [5.74, 6) is 0. The van der Waals surface area contributed by atoms with Crippen molar-refractivity contribution in [1.82, 2.24) is 24.6 Å². The molecule has 19 heavy (non-hydrogen) atoms. The van der Waals surface area contributed by atoms with Gasteiger partial charge in [0.15, 0.2) is 0 Å². The van der Waals surface area contributed by atoms with Crippen molar-refractivity contribution in [3.8, 4) is 0 Å². The second kappa shape index (κ2) is 6.52. The highest BCUT2D eigenvalue weighted by atomic mass is 15.3. The van der Waals surface area contributed by atoms with Crippen LogP contribution in [0.1, 0.15) is 37.4 Å². The van der Waals surface area contributed by atoms with Gasteiger partial charge in [0.2, 0.25) is 0 Å². The number of hydrogen-bond acceptors (Lipinski definition) is 3. The number of nitrogens with one attached hydrogen (secondary N) is 1. The molecule has 2 heterocycles. The average molecular weight is 261 g/mol. The largest absolute Gasteiger partial charge is 0.331 e. The van der Waals surface area contributed by atoms with Crippen molar-refractivity contribution in [3.05, 3.63) is 35.7 Å². The van der Waals surface area contributed by atoms with Gasteiger partial charge in [-0.2, -0.15) is 5.10 Å². The monoisotopic (exact) mass is 261 g/mol. The Morgan fingerprint density at radius 2 is 2.16 bits per heavy atom. The van der Waals surface area contributed by atoms with E-state index in [1.165, 1.54) is 5.69 Å². The van der Waals surface area contributed by atoms with Gasteiger partial charge in [0.1, 0.15) is 0 Å². The molecule has 0 radical (unpaired) electrons. The Labute approximate surface area is 114 Å². The average Bonchev–Trinajstić information content (AvgIpc) is 2.97. The minimum absolute atomic E-state index is 0.829. The summed E-state index contributed by atoms with van der Waals surface area (Å²) in [5, 5.41) is 7.83. The highest BCUT2D eigenvalue weighted by Gasteiger charge is 2.05. The Hall–Kier alpha value is -1.62. The maximum Gasteiger partial charge on any atom is 0.0953 e. The van der Waals surface area contributed by atoms with Crippen molar-refractivity contribution in [3.63, 3.8) is 0 Å². The fraction of sp³-hybridized carbons (Fsp3) is 0.571. The van der Waals surface area contributed by atoms with E-state index < -0.39 is 0 Å². The molecule has 5 heteroatoms. The lowest BCUT2D eigenvalue weighted by molar-refractivity contribution is 0.596. The first-order valence-corrected chi connectivity index (χ1v) is 6.97. The van der Waals surface area contributed by atoms with E-state index in [4.69, 9.17) is 0 Å². The summed E-state index contributed by atoms with van der Waals surface area (Å²) in [5.41, 5.74) is 3.39. The molecule has 0 aliphatic heterocycles. The fourth-order valence-electron chi connectivity index (χ4n) is 2.16. The van der Waals surface area contributed by atoms with E-state index in [0.717, 1.165) is 44.0 Å². The lowest BCUT2D eigenvalue weighted by Crippen LogP contribution is -2.14. The van der Waals surface area contributed by atoms with E-state index in [1.54, 1.807) is 0 Å². The third-order valence-corrected chi connectivity index (χ3v) is 3.05. The molecule has 2 rings (SSSR count). The quantitative estimate of drug-likeness (QED) is 0.775. The van der Waals surface area contributed by atoms with E-state index in [-0.39, 0.29) is 0 Å². The maximum atomic E-state index is 4.46.